The molecule has 12 aliphatic rings. The third-order valence-corrected chi connectivity index (χ3v) is 21.9. The summed E-state index contributed by atoms with van der Waals surface area (Å²) in [4.78, 5) is 13.3. The zero-order valence-corrected chi connectivity index (χ0v) is 35.3. The quantitative estimate of drug-likeness (QED) is 0.0749. The zero-order chi connectivity index (χ0) is 40.3. The number of hydrogen-bond donors (Lipinski definition) is 0. The molecule has 0 bridgehead atoms. The van der Waals surface area contributed by atoms with Crippen molar-refractivity contribution in [3.8, 4) is 11.1 Å². The number of esters is 1. The van der Waals surface area contributed by atoms with Crippen molar-refractivity contribution in [2.24, 2.45) is 11.8 Å². The first-order valence-electron chi connectivity index (χ1n) is 24.7. The van der Waals surface area contributed by atoms with Crippen LogP contribution in [-0.4, -0.2) is 13.1 Å². The van der Waals surface area contributed by atoms with Crippen LogP contribution in [0.2, 0.25) is 0 Å². The average Bonchev–Trinajstić information content (AvgIpc) is 3.95. The predicted octanol–water partition coefficient (Wildman–Crippen LogP) is 11.6. The summed E-state index contributed by atoms with van der Waals surface area (Å²) in [5, 5.41) is 26.3. The third kappa shape index (κ3) is 2.20. The Hall–Kier alpha value is -6.25. The van der Waals surface area contributed by atoms with Gasteiger partial charge in [0.15, 0.2) is 0 Å². The second kappa shape index (κ2) is 8.19. The summed E-state index contributed by atoms with van der Waals surface area (Å²) in [6.45, 7) is 0. The van der Waals surface area contributed by atoms with Gasteiger partial charge in [0.05, 0.1) is 7.11 Å². The van der Waals surface area contributed by atoms with Crippen LogP contribution in [0.15, 0.2) is 72.3 Å². The molecule has 10 aromatic rings. The summed E-state index contributed by atoms with van der Waals surface area (Å²) >= 11 is 0. The van der Waals surface area contributed by atoms with Gasteiger partial charge >= 0.3 is 5.97 Å². The van der Waals surface area contributed by atoms with Gasteiger partial charge in [0, 0.05) is 40.4 Å². The normalized spacial score (nSPS) is 31.1. The number of carbonyl (C=O) groups excluding carboxylic acids is 1. The van der Waals surface area contributed by atoms with Crippen molar-refractivity contribution in [3.05, 3.63) is 144 Å². The third-order valence-electron chi connectivity index (χ3n) is 21.9. The average molecular weight is 813 g/mol. The molecule has 22 rings (SSSR count). The lowest BCUT2D eigenvalue weighted by atomic mass is 9.51. The maximum Gasteiger partial charge on any atom is 0.305 e. The van der Waals surface area contributed by atoms with Gasteiger partial charge in [0.2, 0.25) is 0 Å². The Kier molecular flexibility index (Phi) is 3.84. The fourth-order valence-corrected chi connectivity index (χ4v) is 21.2. The number of methoxy groups -OCH3 is 1. The molecule has 296 valence electrons. The Labute approximate surface area is 365 Å². The maximum absolute atomic E-state index is 13.3. The summed E-state index contributed by atoms with van der Waals surface area (Å²) in [5.74, 6) is 1.68. The molecule has 0 aromatic heterocycles. The largest absolute Gasteiger partial charge is 0.469 e. The Bertz CT molecular complexity index is 4530. The van der Waals surface area contributed by atoms with Crippen molar-refractivity contribution in [3.63, 3.8) is 0 Å². The van der Waals surface area contributed by atoms with E-state index in [2.05, 4.69) is 66.7 Å². The first-order chi connectivity index (χ1) is 31.6. The van der Waals surface area contributed by atoms with Crippen molar-refractivity contribution in [2.75, 3.05) is 7.11 Å². The molecular weight excluding hydrogens is 777 g/mol. The van der Waals surface area contributed by atoms with E-state index < -0.39 is 0 Å². The highest BCUT2D eigenvalue weighted by atomic mass is 16.5. The molecule has 10 aromatic carbocycles. The van der Waals surface area contributed by atoms with Crippen LogP contribution >= 0.6 is 0 Å². The highest BCUT2D eigenvalue weighted by Gasteiger charge is 2.95. The summed E-state index contributed by atoms with van der Waals surface area (Å²) in [6, 6.07) is 22.7. The highest BCUT2D eigenvalue weighted by Crippen LogP contribution is 2.96. The smallest absolute Gasteiger partial charge is 0.305 e. The number of rotatable bonds is 5. The van der Waals surface area contributed by atoms with Crippen molar-refractivity contribution in [1.82, 2.24) is 0 Å². The van der Waals surface area contributed by atoms with Gasteiger partial charge in [-0.1, -0.05) is 77.9 Å². The van der Waals surface area contributed by atoms with Crippen molar-refractivity contribution >= 4 is 98.1 Å². The van der Waals surface area contributed by atoms with E-state index >= 15 is 0 Å². The van der Waals surface area contributed by atoms with E-state index in [1.807, 2.05) is 5.57 Å². The van der Waals surface area contributed by atoms with Crippen LogP contribution < -0.4 is 10.4 Å². The zero-order valence-electron chi connectivity index (χ0n) is 35.3. The van der Waals surface area contributed by atoms with Gasteiger partial charge in [-0.15, -0.1) is 0 Å². The number of hydrogen-bond acceptors (Lipinski definition) is 2. The Morgan fingerprint density at radius 2 is 1.34 bits per heavy atom. The summed E-state index contributed by atoms with van der Waals surface area (Å²) in [7, 11) is 1.58. The molecule has 64 heavy (non-hydrogen) atoms. The van der Waals surface area contributed by atoms with Crippen molar-refractivity contribution in [2.45, 2.75) is 85.9 Å². The molecule has 12 aliphatic carbocycles. The minimum atomic E-state index is -0.247. The van der Waals surface area contributed by atoms with Gasteiger partial charge < -0.3 is 4.74 Å². The van der Waals surface area contributed by atoms with E-state index in [9.17, 15) is 4.79 Å². The van der Waals surface area contributed by atoms with E-state index in [1.54, 1.807) is 171 Å². The monoisotopic (exact) mass is 812 g/mol. The molecule has 0 aliphatic heterocycles. The molecular formula is C62H36O2. The van der Waals surface area contributed by atoms with Crippen molar-refractivity contribution < 1.29 is 9.53 Å². The lowest BCUT2D eigenvalue weighted by Crippen LogP contribution is -2.43. The number of fused-ring (bicyclic) bond motifs is 1. The number of carbonyl (C=O) groups is 1. The van der Waals surface area contributed by atoms with Crippen LogP contribution in [0.3, 0.4) is 0 Å². The molecule has 1 saturated carbocycles. The standard InChI is InChI=1S/C62H36O2/c1-64-34(63)8-5-13-60(31-6-3-2-4-7-31)61-56-23-10-9-22-14-25-16-26-17-27-18-29-19-28-20-30-21-33-32-12-11-24(15-23)57(61)43(32)53-42(33)47-38(30)37(28)45-39(29)44-35(27)36(26)46-40(25)52(41(22)56)58-54-50(46)48(44)49(45)51(47)55(54)59(53)62(58,60)61/h2-4,6-7,9-12,18-19,22-23,25,33H,5,8,13-17,20-21H2,1H3. The first-order valence-corrected chi connectivity index (χ1v) is 24.7. The summed E-state index contributed by atoms with van der Waals surface area (Å²) in [6.07, 6.45) is 14.6. The maximum atomic E-state index is 13.3. The van der Waals surface area contributed by atoms with Gasteiger partial charge in [0.25, 0.3) is 0 Å². The second-order valence-corrected chi connectivity index (χ2v) is 23.1. The SMILES string of the molecule is COC(=O)CCCC1(c2ccccc2)C23C4=C5c6c7c8c9c%10c%11cc%12cc%13c%14c%15c%16c%17c(c%18c%19c(c6C%1812)c8c1c%10c%12c%14c1c%16%19)-c1c(ccc(c13)CC4C=CC5CC7CC=9C%11)C%17CC=%15C%13. The first kappa shape index (κ1) is 30.0. The Morgan fingerprint density at radius 1 is 0.641 bits per heavy atom. The van der Waals surface area contributed by atoms with Crippen LogP contribution in [-0.2, 0) is 45.0 Å². The topological polar surface area (TPSA) is 26.3 Å². The molecule has 0 amide bonds. The minimum Gasteiger partial charge on any atom is -0.469 e. The molecule has 7 unspecified atom stereocenters. The Morgan fingerprint density at radius 3 is 2.12 bits per heavy atom. The van der Waals surface area contributed by atoms with Crippen LogP contribution in [0, 0.1) is 11.8 Å². The van der Waals surface area contributed by atoms with Gasteiger partial charge in [-0.25, -0.2) is 0 Å². The van der Waals surface area contributed by atoms with Crippen LogP contribution in [0.1, 0.15) is 112 Å². The van der Waals surface area contributed by atoms with E-state index in [0.717, 1.165) is 38.5 Å². The lowest BCUT2D eigenvalue weighted by Gasteiger charge is -2.51. The Balaban J connectivity index is 1.12. The molecule has 0 saturated heterocycles. The van der Waals surface area contributed by atoms with Crippen LogP contribution in [0.5, 0.6) is 0 Å². The molecule has 2 spiro atoms. The van der Waals surface area contributed by atoms with Gasteiger partial charge in [0.1, 0.15) is 0 Å². The summed E-state index contributed by atoms with van der Waals surface area (Å²) in [5.41, 5.74) is 28.1. The fourth-order valence-electron chi connectivity index (χ4n) is 21.2. The predicted molar refractivity (Wildman–Crippen MR) is 254 cm³/mol. The molecule has 0 N–H and O–H groups in total. The van der Waals surface area contributed by atoms with E-state index in [4.69, 9.17) is 4.74 Å². The summed E-state index contributed by atoms with van der Waals surface area (Å²) < 4.78 is 5.46. The lowest BCUT2D eigenvalue weighted by molar-refractivity contribution is -0.140. The van der Waals surface area contributed by atoms with Crippen LogP contribution in [0.4, 0.5) is 0 Å². The van der Waals surface area contributed by atoms with E-state index in [-0.39, 0.29) is 22.2 Å². The second-order valence-electron chi connectivity index (χ2n) is 23.1. The van der Waals surface area contributed by atoms with Gasteiger partial charge in [-0.05, 0) is 227 Å². The molecule has 1 fully saturated rings. The van der Waals surface area contributed by atoms with Crippen molar-refractivity contribution in [1.29, 1.82) is 0 Å². The molecule has 2 heteroatoms. The number of benzene rings is 9. The van der Waals surface area contributed by atoms with E-state index in [0.29, 0.717) is 30.1 Å². The fraction of sp³-hybridized carbons (Fsp3) is 0.274. The van der Waals surface area contributed by atoms with Gasteiger partial charge in [-0.2, -0.15) is 0 Å². The molecule has 7 atom stereocenters. The molecule has 0 heterocycles. The minimum absolute atomic E-state index is 0.0736. The molecule has 2 nitrogen and oxygen atoms in total. The number of allylic oxidation sites excluding steroid dienone is 4. The van der Waals surface area contributed by atoms with Crippen LogP contribution in [0.25, 0.3) is 103 Å². The highest BCUT2D eigenvalue weighted by molar-refractivity contribution is 6.55. The molecule has 0 radical (unpaired) electrons. The van der Waals surface area contributed by atoms with Gasteiger partial charge in [-0.3, -0.25) is 4.79 Å². The van der Waals surface area contributed by atoms with E-state index in [1.165, 1.54) is 23.8 Å². The number of ether oxygens (including phenoxy) is 1.